The molecule has 10 nitrogen and oxygen atoms in total. The third-order valence-corrected chi connectivity index (χ3v) is 5.96. The average Bonchev–Trinajstić information content (AvgIpc) is 3.27. The van der Waals surface area contributed by atoms with Gasteiger partial charge < -0.3 is 10.0 Å². The number of carbonyl (C=O) groups excluding carboxylic acids is 4. The molecule has 2 fully saturated rings. The van der Waals surface area contributed by atoms with Crippen LogP contribution in [0.25, 0.3) is 0 Å². The summed E-state index contributed by atoms with van der Waals surface area (Å²) in [6, 6.07) is 4.03. The number of piperidine rings is 1. The van der Waals surface area contributed by atoms with Crippen molar-refractivity contribution in [3.8, 4) is 0 Å². The molecule has 0 spiro atoms. The van der Waals surface area contributed by atoms with Gasteiger partial charge in [0.1, 0.15) is 6.04 Å². The van der Waals surface area contributed by atoms with E-state index in [0.717, 1.165) is 11.3 Å². The van der Waals surface area contributed by atoms with Crippen molar-refractivity contribution < 1.29 is 29.1 Å². The normalized spacial score (nSPS) is 23.9. The molecule has 2 saturated heterocycles. The zero-order valence-corrected chi connectivity index (χ0v) is 16.5. The van der Waals surface area contributed by atoms with Gasteiger partial charge in [-0.05, 0) is 32.0 Å². The molecule has 2 atom stereocenters. The molecule has 1 aromatic carbocycles. The van der Waals surface area contributed by atoms with E-state index < -0.39 is 35.6 Å². The Morgan fingerprint density at radius 1 is 1.20 bits per heavy atom. The molecule has 158 valence electrons. The first kappa shape index (κ1) is 20.0. The van der Waals surface area contributed by atoms with Crippen LogP contribution in [0.1, 0.15) is 40.0 Å². The van der Waals surface area contributed by atoms with Gasteiger partial charge in [0.25, 0.3) is 11.8 Å². The van der Waals surface area contributed by atoms with Gasteiger partial charge >= 0.3 is 5.97 Å². The molecule has 10 heteroatoms. The number of carbonyl (C=O) groups is 5. The summed E-state index contributed by atoms with van der Waals surface area (Å²) in [7, 11) is 1.75. The van der Waals surface area contributed by atoms with Crippen LogP contribution in [0, 0.1) is 0 Å². The highest BCUT2D eigenvalue weighted by Crippen LogP contribution is 2.35. The summed E-state index contributed by atoms with van der Waals surface area (Å²) in [5.41, 5.74) is 1.10. The summed E-state index contributed by atoms with van der Waals surface area (Å²) in [6.45, 7) is 1.07. The minimum absolute atomic E-state index is 0.00963. The number of carboxylic acids is 1. The van der Waals surface area contributed by atoms with Crippen LogP contribution in [0.2, 0.25) is 0 Å². The third-order valence-electron chi connectivity index (χ3n) is 5.96. The van der Waals surface area contributed by atoms with Crippen molar-refractivity contribution in [2.75, 3.05) is 31.6 Å². The van der Waals surface area contributed by atoms with E-state index in [9.17, 15) is 24.0 Å². The number of nitrogens with zero attached hydrogens (tertiary/aromatic N) is 3. The smallest absolute Gasteiger partial charge is 0.317 e. The highest BCUT2D eigenvalue weighted by Gasteiger charge is 2.46. The van der Waals surface area contributed by atoms with Crippen LogP contribution in [-0.4, -0.2) is 83.3 Å². The molecule has 0 radical (unpaired) electrons. The van der Waals surface area contributed by atoms with Gasteiger partial charge in [-0.1, -0.05) is 6.07 Å². The number of nitrogens with one attached hydrogen (secondary N) is 1. The number of anilines is 1. The number of imide groups is 2. The van der Waals surface area contributed by atoms with E-state index in [1.54, 1.807) is 30.1 Å². The number of aliphatic carboxylic acids is 1. The van der Waals surface area contributed by atoms with E-state index in [2.05, 4.69) is 5.32 Å². The number of amides is 4. The molecular weight excluding hydrogens is 392 g/mol. The van der Waals surface area contributed by atoms with Crippen LogP contribution >= 0.6 is 0 Å². The standard InChI is InChI=1S/C20H22N4O6/c1-22(10-16(26)27)11-7-8-23(9-11)13-4-2-3-12-17(13)20(30)24(19(12)29)14-5-6-15(25)21-18(14)28/h2-4,11,14H,5-10H2,1H3,(H,26,27)(H,21,25,28)/t11-,14?/m0/s1. The van der Waals surface area contributed by atoms with E-state index in [1.165, 1.54) is 0 Å². The number of likely N-dealkylation sites (N-methyl/N-ethyl adjacent to an activating group) is 1. The lowest BCUT2D eigenvalue weighted by atomic mass is 10.0. The summed E-state index contributed by atoms with van der Waals surface area (Å²) in [5, 5.41) is 11.2. The molecule has 1 aromatic rings. The minimum Gasteiger partial charge on any atom is -0.480 e. The highest BCUT2D eigenvalue weighted by atomic mass is 16.4. The lowest BCUT2D eigenvalue weighted by Crippen LogP contribution is -2.54. The Kier molecular flexibility index (Phi) is 5.02. The Bertz CT molecular complexity index is 961. The van der Waals surface area contributed by atoms with Gasteiger partial charge in [0, 0.05) is 25.6 Å². The maximum absolute atomic E-state index is 13.2. The van der Waals surface area contributed by atoms with Crippen molar-refractivity contribution in [3.63, 3.8) is 0 Å². The topological polar surface area (TPSA) is 127 Å². The summed E-state index contributed by atoms with van der Waals surface area (Å²) in [5.74, 6) is -3.04. The molecule has 3 aliphatic heterocycles. The fourth-order valence-electron chi connectivity index (χ4n) is 4.42. The van der Waals surface area contributed by atoms with Crippen LogP contribution in [0.3, 0.4) is 0 Å². The molecule has 3 aliphatic rings. The average molecular weight is 414 g/mol. The molecule has 0 aromatic heterocycles. The second-order valence-corrected chi connectivity index (χ2v) is 7.84. The zero-order valence-electron chi connectivity index (χ0n) is 16.5. The maximum Gasteiger partial charge on any atom is 0.317 e. The number of hydrogen-bond acceptors (Lipinski definition) is 7. The lowest BCUT2D eigenvalue weighted by molar-refractivity contribution is -0.138. The minimum atomic E-state index is -1.00. The Hall–Kier alpha value is -3.27. The largest absolute Gasteiger partial charge is 0.480 e. The molecule has 4 amide bonds. The van der Waals surface area contributed by atoms with Crippen LogP contribution in [0.4, 0.5) is 5.69 Å². The molecule has 30 heavy (non-hydrogen) atoms. The quantitative estimate of drug-likeness (QED) is 0.628. The van der Waals surface area contributed by atoms with Crippen molar-refractivity contribution >= 4 is 35.3 Å². The van der Waals surface area contributed by atoms with Crippen molar-refractivity contribution in [1.82, 2.24) is 15.1 Å². The van der Waals surface area contributed by atoms with Gasteiger partial charge in [0.15, 0.2) is 0 Å². The molecular formula is C20H22N4O6. The number of hydrogen-bond donors (Lipinski definition) is 2. The first-order valence-corrected chi connectivity index (χ1v) is 9.79. The van der Waals surface area contributed by atoms with Crippen molar-refractivity contribution in [2.24, 2.45) is 0 Å². The van der Waals surface area contributed by atoms with Crippen molar-refractivity contribution in [3.05, 3.63) is 29.3 Å². The fourth-order valence-corrected chi connectivity index (χ4v) is 4.42. The Morgan fingerprint density at radius 2 is 1.97 bits per heavy atom. The van der Waals surface area contributed by atoms with Crippen molar-refractivity contribution in [1.29, 1.82) is 0 Å². The van der Waals surface area contributed by atoms with E-state index >= 15 is 0 Å². The van der Waals surface area contributed by atoms with E-state index in [-0.39, 0.29) is 36.6 Å². The number of benzene rings is 1. The number of fused-ring (bicyclic) bond motifs is 1. The maximum atomic E-state index is 13.2. The van der Waals surface area contributed by atoms with Gasteiger partial charge in [-0.25, -0.2) is 0 Å². The van der Waals surface area contributed by atoms with Crippen LogP contribution in [0.5, 0.6) is 0 Å². The van der Waals surface area contributed by atoms with E-state index in [4.69, 9.17) is 5.11 Å². The fraction of sp³-hybridized carbons (Fsp3) is 0.450. The second-order valence-electron chi connectivity index (χ2n) is 7.84. The van der Waals surface area contributed by atoms with E-state index in [1.807, 2.05) is 4.90 Å². The Balaban J connectivity index is 1.59. The Morgan fingerprint density at radius 3 is 2.67 bits per heavy atom. The lowest BCUT2D eigenvalue weighted by Gasteiger charge is -2.28. The molecule has 4 rings (SSSR count). The monoisotopic (exact) mass is 414 g/mol. The van der Waals surface area contributed by atoms with Gasteiger partial charge in [0.2, 0.25) is 11.8 Å². The first-order valence-electron chi connectivity index (χ1n) is 9.79. The van der Waals surface area contributed by atoms with Crippen molar-refractivity contribution in [2.45, 2.75) is 31.3 Å². The number of rotatable bonds is 5. The molecule has 2 N–H and O–H groups in total. The summed E-state index contributed by atoms with van der Waals surface area (Å²) < 4.78 is 0. The van der Waals surface area contributed by atoms with Gasteiger partial charge in [0.05, 0.1) is 23.4 Å². The predicted octanol–water partition coefficient (Wildman–Crippen LogP) is -0.317. The summed E-state index contributed by atoms with van der Waals surface area (Å²) >= 11 is 0. The molecule has 0 bridgehead atoms. The molecule has 0 saturated carbocycles. The summed E-state index contributed by atoms with van der Waals surface area (Å²) in [4.78, 5) is 65.5. The van der Waals surface area contributed by atoms with Gasteiger partial charge in [-0.15, -0.1) is 0 Å². The van der Waals surface area contributed by atoms with E-state index in [0.29, 0.717) is 18.8 Å². The first-order chi connectivity index (χ1) is 14.3. The molecule has 3 heterocycles. The zero-order chi connectivity index (χ0) is 21.6. The SMILES string of the molecule is CN(CC(=O)O)[C@H]1CCN(c2cccc3c2C(=O)N(C2CCC(=O)NC2=O)C3=O)C1. The van der Waals surface area contributed by atoms with Gasteiger partial charge in [-0.3, -0.25) is 39.1 Å². The Labute approximate surface area is 172 Å². The molecule has 1 unspecified atom stereocenters. The molecule has 0 aliphatic carbocycles. The van der Waals surface area contributed by atoms with Crippen LogP contribution in [-0.2, 0) is 14.4 Å². The van der Waals surface area contributed by atoms with Gasteiger partial charge in [-0.2, -0.15) is 0 Å². The second kappa shape index (κ2) is 7.52. The van der Waals surface area contributed by atoms with Crippen LogP contribution < -0.4 is 10.2 Å². The summed E-state index contributed by atoms with van der Waals surface area (Å²) in [6.07, 6.45) is 0.907. The number of carboxylic acid groups (broad SMARTS) is 1. The predicted molar refractivity (Wildman–Crippen MR) is 104 cm³/mol. The third kappa shape index (κ3) is 3.32. The van der Waals surface area contributed by atoms with Crippen LogP contribution in [0.15, 0.2) is 18.2 Å². The highest BCUT2D eigenvalue weighted by molar-refractivity contribution is 6.25.